The van der Waals surface area contributed by atoms with Crippen molar-refractivity contribution in [1.29, 1.82) is 0 Å². The lowest BCUT2D eigenvalue weighted by Gasteiger charge is -2.34. The SMILES string of the molecule is C[C@@H]1C[C@H](C)CN(S(=O)(=O)c2ccc(F)c(C(=O)NC3CCCCCC3)c2)C1. The van der Waals surface area contributed by atoms with E-state index in [1.54, 1.807) is 0 Å². The zero-order chi connectivity index (χ0) is 20.3. The van der Waals surface area contributed by atoms with Crippen LogP contribution in [0.15, 0.2) is 23.1 Å². The summed E-state index contributed by atoms with van der Waals surface area (Å²) in [7, 11) is -3.75. The highest BCUT2D eigenvalue weighted by Gasteiger charge is 2.32. The molecule has 0 bridgehead atoms. The molecule has 1 aliphatic heterocycles. The van der Waals surface area contributed by atoms with E-state index in [1.165, 1.54) is 16.4 Å². The Bertz CT molecular complexity index is 794. The molecule has 1 aromatic carbocycles. The largest absolute Gasteiger partial charge is 0.349 e. The summed E-state index contributed by atoms with van der Waals surface area (Å²) in [5.41, 5.74) is -0.191. The molecule has 0 radical (unpaired) electrons. The first-order chi connectivity index (χ1) is 13.3. The fourth-order valence-corrected chi connectivity index (χ4v) is 6.18. The van der Waals surface area contributed by atoms with Crippen LogP contribution in [0.1, 0.15) is 69.2 Å². The number of halogens is 1. The summed E-state index contributed by atoms with van der Waals surface area (Å²) in [6.07, 6.45) is 7.16. The Hall–Kier alpha value is -1.47. The minimum absolute atomic E-state index is 0.0128. The summed E-state index contributed by atoms with van der Waals surface area (Å²) in [4.78, 5) is 12.6. The molecule has 1 saturated heterocycles. The third-order valence-corrected chi connectivity index (χ3v) is 7.67. The van der Waals surface area contributed by atoms with Gasteiger partial charge in [-0.1, -0.05) is 39.5 Å². The first-order valence-corrected chi connectivity index (χ1v) is 11.8. The summed E-state index contributed by atoms with van der Waals surface area (Å²) in [6.45, 7) is 4.98. The molecule has 156 valence electrons. The number of piperidine rings is 1. The van der Waals surface area contributed by atoms with Gasteiger partial charge in [0, 0.05) is 19.1 Å². The van der Waals surface area contributed by atoms with Crippen LogP contribution >= 0.6 is 0 Å². The van der Waals surface area contributed by atoms with Crippen LogP contribution in [0.25, 0.3) is 0 Å². The van der Waals surface area contributed by atoms with E-state index >= 15 is 0 Å². The molecule has 7 heteroatoms. The van der Waals surface area contributed by atoms with Crippen LogP contribution in [0, 0.1) is 17.7 Å². The van der Waals surface area contributed by atoms with Crippen molar-refractivity contribution in [2.75, 3.05) is 13.1 Å². The molecule has 3 rings (SSSR count). The number of hydrogen-bond acceptors (Lipinski definition) is 3. The van der Waals surface area contributed by atoms with E-state index < -0.39 is 21.7 Å². The van der Waals surface area contributed by atoms with Crippen LogP contribution in [0.4, 0.5) is 4.39 Å². The average molecular weight is 411 g/mol. The second kappa shape index (κ2) is 8.91. The van der Waals surface area contributed by atoms with Gasteiger partial charge in [-0.25, -0.2) is 12.8 Å². The number of nitrogens with zero attached hydrogens (tertiary/aromatic N) is 1. The second-order valence-electron chi connectivity index (χ2n) is 8.57. The van der Waals surface area contributed by atoms with E-state index in [0.29, 0.717) is 13.1 Å². The molecule has 1 N–H and O–H groups in total. The van der Waals surface area contributed by atoms with E-state index in [1.807, 2.05) is 13.8 Å². The smallest absolute Gasteiger partial charge is 0.254 e. The number of carbonyl (C=O) groups is 1. The van der Waals surface area contributed by atoms with E-state index in [4.69, 9.17) is 0 Å². The number of carbonyl (C=O) groups excluding carboxylic acids is 1. The monoisotopic (exact) mass is 410 g/mol. The maximum Gasteiger partial charge on any atom is 0.254 e. The van der Waals surface area contributed by atoms with Crippen molar-refractivity contribution >= 4 is 15.9 Å². The molecule has 2 atom stereocenters. The van der Waals surface area contributed by atoms with Crippen molar-refractivity contribution < 1.29 is 17.6 Å². The van der Waals surface area contributed by atoms with E-state index in [9.17, 15) is 17.6 Å². The van der Waals surface area contributed by atoms with Crippen molar-refractivity contribution in [1.82, 2.24) is 9.62 Å². The van der Waals surface area contributed by atoms with Crippen LogP contribution in [-0.2, 0) is 10.0 Å². The number of nitrogens with one attached hydrogen (secondary N) is 1. The highest BCUT2D eigenvalue weighted by Crippen LogP contribution is 2.27. The quantitative estimate of drug-likeness (QED) is 0.765. The van der Waals surface area contributed by atoms with E-state index in [0.717, 1.165) is 51.0 Å². The van der Waals surface area contributed by atoms with Crippen LogP contribution < -0.4 is 5.32 Å². The fraction of sp³-hybridized carbons (Fsp3) is 0.667. The summed E-state index contributed by atoms with van der Waals surface area (Å²) < 4.78 is 41.9. The summed E-state index contributed by atoms with van der Waals surface area (Å²) in [5.74, 6) is -0.666. The van der Waals surface area contributed by atoms with Crippen molar-refractivity contribution in [3.8, 4) is 0 Å². The molecule has 0 unspecified atom stereocenters. The van der Waals surface area contributed by atoms with Gasteiger partial charge in [-0.3, -0.25) is 4.79 Å². The Kier molecular flexibility index (Phi) is 6.76. The highest BCUT2D eigenvalue weighted by molar-refractivity contribution is 7.89. The zero-order valence-electron chi connectivity index (χ0n) is 16.8. The van der Waals surface area contributed by atoms with Gasteiger partial charge >= 0.3 is 0 Å². The first-order valence-electron chi connectivity index (χ1n) is 10.4. The molecule has 0 aromatic heterocycles. The summed E-state index contributed by atoms with van der Waals surface area (Å²) in [6, 6.07) is 3.57. The van der Waals surface area contributed by atoms with Gasteiger partial charge in [-0.2, -0.15) is 4.31 Å². The lowest BCUT2D eigenvalue weighted by atomic mass is 9.94. The van der Waals surface area contributed by atoms with Gasteiger partial charge in [-0.05, 0) is 49.3 Å². The van der Waals surface area contributed by atoms with E-state index in [2.05, 4.69) is 5.32 Å². The lowest BCUT2D eigenvalue weighted by molar-refractivity contribution is 0.0929. The average Bonchev–Trinajstić information content (AvgIpc) is 2.89. The van der Waals surface area contributed by atoms with Gasteiger partial charge in [0.25, 0.3) is 5.91 Å². The van der Waals surface area contributed by atoms with Crippen LogP contribution in [0.2, 0.25) is 0 Å². The second-order valence-corrected chi connectivity index (χ2v) is 10.5. The third kappa shape index (κ3) is 4.92. The first kappa shape index (κ1) is 21.2. The zero-order valence-corrected chi connectivity index (χ0v) is 17.6. The topological polar surface area (TPSA) is 66.5 Å². The maximum absolute atomic E-state index is 14.3. The molecule has 1 aliphatic carbocycles. The predicted molar refractivity (Wildman–Crippen MR) is 107 cm³/mol. The Balaban J connectivity index is 1.81. The summed E-state index contributed by atoms with van der Waals surface area (Å²) in [5, 5.41) is 2.90. The standard InChI is InChI=1S/C21H31FN2O3S/c1-15-11-16(2)14-24(13-15)28(26,27)18-9-10-20(22)19(12-18)21(25)23-17-7-5-3-4-6-8-17/h9-10,12,15-17H,3-8,11,13-14H2,1-2H3,(H,23,25)/t15-,16+. The highest BCUT2D eigenvalue weighted by atomic mass is 32.2. The molecule has 1 aromatic rings. The van der Waals surface area contributed by atoms with Crippen molar-refractivity contribution in [3.05, 3.63) is 29.6 Å². The van der Waals surface area contributed by atoms with E-state index in [-0.39, 0.29) is 28.3 Å². The molecule has 0 spiro atoms. The predicted octanol–water partition coefficient (Wildman–Crippen LogP) is 3.94. The van der Waals surface area contributed by atoms with Crippen LogP contribution in [0.3, 0.4) is 0 Å². The number of hydrogen-bond donors (Lipinski definition) is 1. The molecule has 2 fully saturated rings. The Morgan fingerprint density at radius 1 is 1.07 bits per heavy atom. The molecular weight excluding hydrogens is 379 g/mol. The van der Waals surface area contributed by atoms with Crippen molar-refractivity contribution in [3.63, 3.8) is 0 Å². The minimum atomic E-state index is -3.75. The van der Waals surface area contributed by atoms with Gasteiger partial charge in [0.2, 0.25) is 10.0 Å². The fourth-order valence-electron chi connectivity index (χ4n) is 4.48. The molecule has 1 amide bonds. The van der Waals surface area contributed by atoms with Crippen LogP contribution in [0.5, 0.6) is 0 Å². The van der Waals surface area contributed by atoms with Gasteiger partial charge in [0.05, 0.1) is 10.5 Å². The van der Waals surface area contributed by atoms with Crippen LogP contribution in [-0.4, -0.2) is 37.8 Å². The molecule has 2 aliphatic rings. The van der Waals surface area contributed by atoms with Gasteiger partial charge < -0.3 is 5.32 Å². The number of rotatable bonds is 4. The minimum Gasteiger partial charge on any atom is -0.349 e. The Labute approximate surface area is 167 Å². The van der Waals surface area contributed by atoms with Crippen molar-refractivity contribution in [2.45, 2.75) is 69.7 Å². The maximum atomic E-state index is 14.3. The normalized spacial score (nSPS) is 25.2. The Morgan fingerprint density at radius 2 is 1.68 bits per heavy atom. The molecule has 5 nitrogen and oxygen atoms in total. The molecule has 1 saturated carbocycles. The number of sulfonamides is 1. The van der Waals surface area contributed by atoms with Gasteiger partial charge in [0.15, 0.2) is 0 Å². The summed E-state index contributed by atoms with van der Waals surface area (Å²) >= 11 is 0. The van der Waals surface area contributed by atoms with Gasteiger partial charge in [0.1, 0.15) is 5.82 Å². The lowest BCUT2D eigenvalue weighted by Crippen LogP contribution is -2.42. The molecular formula is C21H31FN2O3S. The third-order valence-electron chi connectivity index (χ3n) is 5.85. The molecule has 1 heterocycles. The number of amides is 1. The Morgan fingerprint density at radius 3 is 2.29 bits per heavy atom. The van der Waals surface area contributed by atoms with Gasteiger partial charge in [-0.15, -0.1) is 0 Å². The molecule has 28 heavy (non-hydrogen) atoms. The van der Waals surface area contributed by atoms with Crippen molar-refractivity contribution in [2.24, 2.45) is 11.8 Å². The number of benzene rings is 1.